The number of aryl methyl sites for hydroxylation is 3. The summed E-state index contributed by atoms with van der Waals surface area (Å²) < 4.78 is 39.4. The van der Waals surface area contributed by atoms with Gasteiger partial charge in [-0.25, -0.2) is 4.98 Å². The van der Waals surface area contributed by atoms with Gasteiger partial charge >= 0.3 is 0 Å². The molecule has 4 heterocycles. The van der Waals surface area contributed by atoms with Gasteiger partial charge in [-0.1, -0.05) is 61.2 Å². The van der Waals surface area contributed by atoms with Gasteiger partial charge in [0.15, 0.2) is 0 Å². The first-order valence-corrected chi connectivity index (χ1v) is 15.2. The van der Waals surface area contributed by atoms with Crippen molar-refractivity contribution in [2.24, 2.45) is 0 Å². The molecule has 0 saturated heterocycles. The molecule has 5 heteroatoms. The van der Waals surface area contributed by atoms with E-state index in [1.165, 1.54) is 6.20 Å². The molecule has 4 aromatic heterocycles. The number of hydrogen-bond donors (Lipinski definition) is 0. The Kier molecular flexibility index (Phi) is 8.94. The molecule has 0 atom stereocenters. The van der Waals surface area contributed by atoms with Gasteiger partial charge in [0.1, 0.15) is 0 Å². The zero-order valence-corrected chi connectivity index (χ0v) is 28.7. The van der Waals surface area contributed by atoms with Gasteiger partial charge in [0.2, 0.25) is 5.71 Å². The Morgan fingerprint density at radius 2 is 1.59 bits per heavy atom. The Morgan fingerprint density at radius 3 is 2.28 bits per heavy atom. The fourth-order valence-electron chi connectivity index (χ4n) is 5.76. The van der Waals surface area contributed by atoms with E-state index in [0.717, 1.165) is 44.4 Å². The monoisotopic (exact) mass is 784 g/mol. The van der Waals surface area contributed by atoms with Crippen molar-refractivity contribution in [3.05, 3.63) is 138 Å². The molecule has 1 radical (unpaired) electrons. The van der Waals surface area contributed by atoms with Crippen molar-refractivity contribution in [2.45, 2.75) is 53.3 Å². The van der Waals surface area contributed by atoms with Crippen LogP contribution >= 0.6 is 0 Å². The molecule has 0 unspecified atom stereocenters. The number of fused-ring (bicyclic) bond motifs is 3. The van der Waals surface area contributed by atoms with Crippen LogP contribution in [0.1, 0.15) is 60.3 Å². The molecule has 0 saturated carbocycles. The first-order chi connectivity index (χ1) is 23.5. The minimum Gasteiger partial charge on any atom is -0.486 e. The van der Waals surface area contributed by atoms with Crippen molar-refractivity contribution in [1.29, 1.82) is 0 Å². The first-order valence-electron chi connectivity index (χ1n) is 17.2. The van der Waals surface area contributed by atoms with Gasteiger partial charge < -0.3 is 14.4 Å². The van der Waals surface area contributed by atoms with Crippen LogP contribution in [0.25, 0.3) is 55.8 Å². The third-order valence-corrected chi connectivity index (χ3v) is 8.08. The second kappa shape index (κ2) is 14.8. The Hall–Kier alpha value is -4.44. The number of hydrogen-bond acceptors (Lipinski definition) is 4. The number of pyridine rings is 3. The topological polar surface area (TPSA) is 51.8 Å². The summed E-state index contributed by atoms with van der Waals surface area (Å²) >= 11 is 0. The average Bonchev–Trinajstić information content (AvgIpc) is 3.50. The molecule has 0 fully saturated rings. The quantitative estimate of drug-likeness (QED) is 0.158. The third kappa shape index (κ3) is 6.72. The van der Waals surface area contributed by atoms with Crippen molar-refractivity contribution < 1.29 is 30.0 Å². The van der Waals surface area contributed by atoms with Crippen LogP contribution in [0.2, 0.25) is 0 Å². The summed E-state index contributed by atoms with van der Waals surface area (Å²) in [4.78, 5) is 13.6. The summed E-state index contributed by atoms with van der Waals surface area (Å²) in [6.45, 7) is 5.60. The number of furan rings is 1. The van der Waals surface area contributed by atoms with E-state index in [-0.39, 0.29) is 25.7 Å². The van der Waals surface area contributed by atoms with Crippen LogP contribution in [0.3, 0.4) is 0 Å². The minimum absolute atomic E-state index is 0. The standard InChI is InChI=1S/C30H29N2O.C11H8N.Ir/c1-6-21(7-2)25-16-27(31-17-20(25)5)24-13-9-12-22-23-14-15-26(32-30(23)33-29(22)24)28-18(3)10-8-11-19(28)4;1-2-6-10(7-3-1)11-8-4-5-9-12-11;/h8-12,14-17,21H,6-7H2,1-5H3;1-6,8-9H;/q2*-1;/i5D3,21D;;. The van der Waals surface area contributed by atoms with Crippen LogP contribution in [-0.2, 0) is 20.1 Å². The van der Waals surface area contributed by atoms with Gasteiger partial charge in [0, 0.05) is 48.9 Å². The predicted octanol–water partition coefficient (Wildman–Crippen LogP) is 10.9. The molecule has 0 spiro atoms. The van der Waals surface area contributed by atoms with Crippen molar-refractivity contribution in [1.82, 2.24) is 15.0 Å². The average molecular weight is 784 g/mol. The van der Waals surface area contributed by atoms with Crippen molar-refractivity contribution >= 4 is 22.1 Å². The van der Waals surface area contributed by atoms with Gasteiger partial charge in [-0.2, -0.15) is 0 Å². The second-order valence-electron chi connectivity index (χ2n) is 10.9. The summed E-state index contributed by atoms with van der Waals surface area (Å²) in [7, 11) is 0. The van der Waals surface area contributed by atoms with E-state index in [4.69, 9.17) is 14.9 Å². The van der Waals surface area contributed by atoms with Crippen molar-refractivity contribution in [2.75, 3.05) is 0 Å². The van der Waals surface area contributed by atoms with Crippen LogP contribution < -0.4 is 0 Å². The Bertz CT molecular complexity index is 2170. The maximum atomic E-state index is 9.01. The molecular formula is C41H37IrN3O-2. The van der Waals surface area contributed by atoms with E-state index in [9.17, 15) is 0 Å². The van der Waals surface area contributed by atoms with E-state index >= 15 is 0 Å². The van der Waals surface area contributed by atoms with Crippen LogP contribution in [0, 0.1) is 32.8 Å². The largest absolute Gasteiger partial charge is 0.486 e. The van der Waals surface area contributed by atoms with E-state index in [1.807, 2.05) is 86.6 Å². The number of benzene rings is 3. The van der Waals surface area contributed by atoms with Crippen molar-refractivity contribution in [3.63, 3.8) is 0 Å². The summed E-state index contributed by atoms with van der Waals surface area (Å²) in [5.74, 6) is -1.04. The molecule has 46 heavy (non-hydrogen) atoms. The van der Waals surface area contributed by atoms with Gasteiger partial charge in [0.05, 0.1) is 11.3 Å². The predicted molar refractivity (Wildman–Crippen MR) is 185 cm³/mol. The molecule has 0 N–H and O–H groups in total. The molecule has 233 valence electrons. The van der Waals surface area contributed by atoms with Crippen LogP contribution in [0.15, 0.2) is 108 Å². The van der Waals surface area contributed by atoms with Crippen LogP contribution in [-0.4, -0.2) is 15.0 Å². The molecule has 7 rings (SSSR count). The summed E-state index contributed by atoms with van der Waals surface area (Å²) in [5.41, 5.74) is 9.09. The Morgan fingerprint density at radius 1 is 0.783 bits per heavy atom. The van der Waals surface area contributed by atoms with Gasteiger partial charge in [0.25, 0.3) is 0 Å². The zero-order chi connectivity index (χ0) is 34.8. The Balaban J connectivity index is 0.000000315. The first kappa shape index (κ1) is 27.8. The van der Waals surface area contributed by atoms with Gasteiger partial charge in [-0.15, -0.1) is 54.1 Å². The number of aromatic nitrogens is 3. The fourth-order valence-corrected chi connectivity index (χ4v) is 5.76. The van der Waals surface area contributed by atoms with E-state index in [2.05, 4.69) is 48.1 Å². The van der Waals surface area contributed by atoms with Crippen LogP contribution in [0.5, 0.6) is 0 Å². The maximum absolute atomic E-state index is 9.01. The molecule has 0 aliphatic carbocycles. The molecule has 7 aromatic rings. The second-order valence-corrected chi connectivity index (χ2v) is 10.9. The SMILES string of the molecule is [2H]C([2H])([2H])c1cnc(-c2[c-]ccc3c2oc2nc(-c4c(C)cccc4C)ccc23)cc1C([2H])(CC)CC.[Ir].[c-]1ccccc1-c1ccccn1. The van der Waals surface area contributed by atoms with Gasteiger partial charge in [-0.3, -0.25) is 0 Å². The van der Waals surface area contributed by atoms with E-state index < -0.39 is 12.7 Å². The van der Waals surface area contributed by atoms with E-state index in [0.29, 0.717) is 41.0 Å². The maximum Gasteiger partial charge on any atom is 0.216 e. The molecule has 3 aromatic carbocycles. The fraction of sp³-hybridized carbons (Fsp3) is 0.195. The number of nitrogens with zero attached hydrogens (tertiary/aromatic N) is 3. The third-order valence-electron chi connectivity index (χ3n) is 8.08. The zero-order valence-electron chi connectivity index (χ0n) is 30.3. The Labute approximate surface area is 290 Å². The molecule has 0 amide bonds. The molecule has 0 aliphatic heterocycles. The molecule has 0 aliphatic rings. The summed E-state index contributed by atoms with van der Waals surface area (Å²) in [5, 5.41) is 1.77. The number of rotatable bonds is 6. The van der Waals surface area contributed by atoms with Gasteiger partial charge in [-0.05, 0) is 91.3 Å². The summed E-state index contributed by atoms with van der Waals surface area (Å²) in [6.07, 6.45) is 4.15. The molecule has 0 bridgehead atoms. The molecular weight excluding hydrogens is 743 g/mol. The van der Waals surface area contributed by atoms with E-state index in [1.54, 1.807) is 12.3 Å². The van der Waals surface area contributed by atoms with Crippen molar-refractivity contribution in [3.8, 4) is 33.8 Å². The smallest absolute Gasteiger partial charge is 0.216 e. The normalized spacial score (nSPS) is 12.7. The summed E-state index contributed by atoms with van der Waals surface area (Å²) in [6, 6.07) is 35.8. The molecule has 4 nitrogen and oxygen atoms in total. The van der Waals surface area contributed by atoms with Crippen LogP contribution in [0.4, 0.5) is 0 Å². The minimum atomic E-state index is -2.36.